The Morgan fingerprint density at radius 1 is 0.920 bits per heavy atom. The lowest BCUT2D eigenvalue weighted by molar-refractivity contribution is 0.475. The molecule has 5 heteroatoms. The number of pyridine rings is 1. The van der Waals surface area contributed by atoms with Crippen molar-refractivity contribution >= 4 is 27.9 Å². The molecule has 0 bridgehead atoms. The maximum Gasteiger partial charge on any atom is 0.198 e. The molecule has 2 aromatic carbocycles. The second kappa shape index (κ2) is 5.21. The van der Waals surface area contributed by atoms with Gasteiger partial charge in [0.2, 0.25) is 0 Å². The highest BCUT2D eigenvalue weighted by molar-refractivity contribution is 6.06. The fraction of sp³-hybridized carbons (Fsp3) is 0.200. The summed E-state index contributed by atoms with van der Waals surface area (Å²) in [6, 6.07) is 11.3. The summed E-state index contributed by atoms with van der Waals surface area (Å²) in [4.78, 5) is 12.6. The molecule has 2 aromatic heterocycles. The van der Waals surface area contributed by atoms with Crippen molar-refractivity contribution in [2.45, 2.75) is 25.7 Å². The first kappa shape index (κ1) is 14.3. The standard InChI is InChI=1S/C20H18N4O/c21-20-23-16-10-9-15-17(19(16)24-20)13-3-1-2-4-14(13)18(22-15)11-5-7-12(25)8-6-11/h5-10,25H,1-4H2,(H3,21,23,24). The van der Waals surface area contributed by atoms with Gasteiger partial charge in [0.05, 0.1) is 16.7 Å². The predicted molar refractivity (Wildman–Crippen MR) is 99.5 cm³/mol. The van der Waals surface area contributed by atoms with Gasteiger partial charge in [-0.1, -0.05) is 0 Å². The van der Waals surface area contributed by atoms with Crippen LogP contribution in [-0.2, 0) is 12.8 Å². The Kier molecular flexibility index (Phi) is 2.98. The molecule has 0 fully saturated rings. The molecule has 5 nitrogen and oxygen atoms in total. The van der Waals surface area contributed by atoms with E-state index in [1.807, 2.05) is 24.3 Å². The zero-order valence-electron chi connectivity index (χ0n) is 13.7. The monoisotopic (exact) mass is 330 g/mol. The minimum absolute atomic E-state index is 0.270. The molecule has 5 rings (SSSR count). The van der Waals surface area contributed by atoms with E-state index in [-0.39, 0.29) is 5.75 Å². The van der Waals surface area contributed by atoms with Crippen LogP contribution in [0.4, 0.5) is 5.95 Å². The number of phenols is 1. The van der Waals surface area contributed by atoms with E-state index < -0.39 is 0 Å². The quantitative estimate of drug-likeness (QED) is 0.493. The summed E-state index contributed by atoms with van der Waals surface area (Å²) in [6.07, 6.45) is 4.40. The first-order chi connectivity index (χ1) is 12.2. The molecule has 0 atom stereocenters. The van der Waals surface area contributed by atoms with Gasteiger partial charge in [-0.05, 0) is 73.2 Å². The molecule has 2 heterocycles. The topological polar surface area (TPSA) is 87.8 Å². The van der Waals surface area contributed by atoms with Crippen LogP contribution in [0.5, 0.6) is 5.75 Å². The van der Waals surface area contributed by atoms with Gasteiger partial charge >= 0.3 is 0 Å². The smallest absolute Gasteiger partial charge is 0.198 e. The predicted octanol–water partition coefficient (Wildman–Crippen LogP) is 3.94. The number of aromatic nitrogens is 3. The van der Waals surface area contributed by atoms with E-state index in [9.17, 15) is 5.11 Å². The second-order valence-corrected chi connectivity index (χ2v) is 6.65. The van der Waals surface area contributed by atoms with Crippen LogP contribution in [0.15, 0.2) is 36.4 Å². The maximum atomic E-state index is 9.59. The molecule has 1 aliphatic carbocycles. The van der Waals surface area contributed by atoms with Gasteiger partial charge < -0.3 is 15.8 Å². The third kappa shape index (κ3) is 2.16. The zero-order valence-corrected chi connectivity index (χ0v) is 13.7. The minimum Gasteiger partial charge on any atom is -0.508 e. The SMILES string of the molecule is Nc1nc2c(ccc3nc(-c4ccc(O)cc4)c4c(c32)CCCC4)[nH]1. The van der Waals surface area contributed by atoms with Gasteiger partial charge in [0.15, 0.2) is 5.95 Å². The van der Waals surface area contributed by atoms with Gasteiger partial charge in [-0.25, -0.2) is 9.97 Å². The van der Waals surface area contributed by atoms with Crippen molar-refractivity contribution in [1.29, 1.82) is 0 Å². The average molecular weight is 330 g/mol. The first-order valence-corrected chi connectivity index (χ1v) is 8.60. The molecule has 0 amide bonds. The number of imidazole rings is 1. The molecule has 4 aromatic rings. The normalized spacial score (nSPS) is 14.1. The number of aromatic amines is 1. The van der Waals surface area contributed by atoms with Gasteiger partial charge in [-0.15, -0.1) is 0 Å². The highest BCUT2D eigenvalue weighted by Gasteiger charge is 2.21. The number of rotatable bonds is 1. The van der Waals surface area contributed by atoms with E-state index in [0.29, 0.717) is 5.95 Å². The number of nitrogens with two attached hydrogens (primary N) is 1. The van der Waals surface area contributed by atoms with Gasteiger partial charge in [-0.2, -0.15) is 0 Å². The van der Waals surface area contributed by atoms with Crippen molar-refractivity contribution in [2.24, 2.45) is 0 Å². The fourth-order valence-electron chi connectivity index (χ4n) is 3.96. The van der Waals surface area contributed by atoms with Crippen LogP contribution < -0.4 is 5.73 Å². The van der Waals surface area contributed by atoms with Crippen molar-refractivity contribution in [3.8, 4) is 17.0 Å². The molecule has 0 radical (unpaired) electrons. The zero-order chi connectivity index (χ0) is 17.0. The van der Waals surface area contributed by atoms with Crippen LogP contribution in [0.2, 0.25) is 0 Å². The van der Waals surface area contributed by atoms with Gasteiger partial charge in [0, 0.05) is 10.9 Å². The Bertz CT molecular complexity index is 1110. The second-order valence-electron chi connectivity index (χ2n) is 6.65. The van der Waals surface area contributed by atoms with E-state index in [4.69, 9.17) is 10.7 Å². The molecule has 1 aliphatic rings. The van der Waals surface area contributed by atoms with E-state index in [1.165, 1.54) is 24.0 Å². The van der Waals surface area contributed by atoms with Crippen molar-refractivity contribution in [3.05, 3.63) is 47.5 Å². The molecule has 0 saturated heterocycles. The number of aryl methyl sites for hydroxylation is 1. The number of hydrogen-bond acceptors (Lipinski definition) is 4. The number of aromatic hydroxyl groups is 1. The molecular formula is C20H18N4O. The summed E-state index contributed by atoms with van der Waals surface area (Å²) in [5.41, 5.74) is 13.4. The molecule has 0 saturated carbocycles. The molecule has 4 N–H and O–H groups in total. The number of phenolic OH excluding ortho intramolecular Hbond substituents is 1. The van der Waals surface area contributed by atoms with Crippen LogP contribution in [0.1, 0.15) is 24.0 Å². The maximum absolute atomic E-state index is 9.59. The van der Waals surface area contributed by atoms with Crippen molar-refractivity contribution in [1.82, 2.24) is 15.0 Å². The number of hydrogen-bond donors (Lipinski definition) is 3. The Morgan fingerprint density at radius 2 is 1.68 bits per heavy atom. The first-order valence-electron chi connectivity index (χ1n) is 8.60. The molecule has 0 spiro atoms. The van der Waals surface area contributed by atoms with Crippen LogP contribution in [0.3, 0.4) is 0 Å². The molecular weight excluding hydrogens is 312 g/mol. The number of H-pyrrole nitrogens is 1. The van der Waals surface area contributed by atoms with Crippen LogP contribution in [-0.4, -0.2) is 20.1 Å². The van der Waals surface area contributed by atoms with Gasteiger partial charge in [0.25, 0.3) is 0 Å². The summed E-state index contributed by atoms with van der Waals surface area (Å²) in [5, 5.41) is 10.7. The van der Waals surface area contributed by atoms with Crippen LogP contribution in [0.25, 0.3) is 33.2 Å². The average Bonchev–Trinajstić information content (AvgIpc) is 3.02. The van der Waals surface area contributed by atoms with Crippen molar-refractivity contribution < 1.29 is 5.11 Å². The lowest BCUT2D eigenvalue weighted by atomic mass is 9.86. The lowest BCUT2D eigenvalue weighted by Gasteiger charge is -2.21. The summed E-state index contributed by atoms with van der Waals surface area (Å²) in [6.45, 7) is 0. The summed E-state index contributed by atoms with van der Waals surface area (Å²) >= 11 is 0. The Morgan fingerprint density at radius 3 is 2.48 bits per heavy atom. The molecule has 124 valence electrons. The largest absolute Gasteiger partial charge is 0.508 e. The highest BCUT2D eigenvalue weighted by Crippen LogP contribution is 2.37. The van der Waals surface area contributed by atoms with Crippen molar-refractivity contribution in [3.63, 3.8) is 0 Å². The van der Waals surface area contributed by atoms with E-state index in [1.54, 1.807) is 12.1 Å². The molecule has 0 unspecified atom stereocenters. The number of nitrogens with zero attached hydrogens (tertiary/aromatic N) is 2. The Balaban J connectivity index is 1.88. The van der Waals surface area contributed by atoms with Crippen molar-refractivity contribution in [2.75, 3.05) is 5.73 Å². The number of anilines is 1. The Hall–Kier alpha value is -3.08. The summed E-state index contributed by atoms with van der Waals surface area (Å²) in [7, 11) is 0. The highest BCUT2D eigenvalue weighted by atomic mass is 16.3. The lowest BCUT2D eigenvalue weighted by Crippen LogP contribution is -2.08. The summed E-state index contributed by atoms with van der Waals surface area (Å²) in [5.74, 6) is 0.710. The number of fused-ring (bicyclic) bond motifs is 5. The van der Waals surface area contributed by atoms with Crippen LogP contribution >= 0.6 is 0 Å². The molecule has 0 aliphatic heterocycles. The third-order valence-corrected chi connectivity index (χ3v) is 5.08. The van der Waals surface area contributed by atoms with Gasteiger partial charge in [0.1, 0.15) is 11.3 Å². The fourth-order valence-corrected chi connectivity index (χ4v) is 3.96. The van der Waals surface area contributed by atoms with E-state index in [2.05, 4.69) is 9.97 Å². The minimum atomic E-state index is 0.270. The number of nitrogen functional groups attached to an aromatic ring is 1. The molecule has 25 heavy (non-hydrogen) atoms. The summed E-state index contributed by atoms with van der Waals surface area (Å²) < 4.78 is 0. The van der Waals surface area contributed by atoms with E-state index in [0.717, 1.165) is 46.0 Å². The van der Waals surface area contributed by atoms with Gasteiger partial charge in [-0.3, -0.25) is 0 Å². The third-order valence-electron chi connectivity index (χ3n) is 5.08. The number of nitrogens with one attached hydrogen (secondary N) is 1. The number of benzene rings is 2. The van der Waals surface area contributed by atoms with Crippen LogP contribution in [0, 0.1) is 0 Å². The Labute approximate surface area is 144 Å². The van der Waals surface area contributed by atoms with E-state index >= 15 is 0 Å².